The molecule has 1 aliphatic carbocycles. The third kappa shape index (κ3) is 4.85. The molecule has 0 nitrogen and oxygen atoms in total. The molecule has 0 spiro atoms. The number of rotatable bonds is 4. The summed E-state index contributed by atoms with van der Waals surface area (Å²) >= 11 is 0. The second-order valence-corrected chi connectivity index (χ2v) is 15.6. The van der Waals surface area contributed by atoms with Crippen LogP contribution in [0.2, 0.25) is 0 Å². The molecular formula is C55H38. The highest BCUT2D eigenvalue weighted by molar-refractivity contribution is 6.22. The highest BCUT2D eigenvalue weighted by atomic mass is 14.4. The van der Waals surface area contributed by atoms with Gasteiger partial charge in [0.1, 0.15) is 0 Å². The molecule has 0 fully saturated rings. The maximum absolute atomic E-state index is 2.42. The molecule has 0 saturated carbocycles. The summed E-state index contributed by atoms with van der Waals surface area (Å²) < 4.78 is 0. The molecule has 0 saturated heterocycles. The molecular weight excluding hydrogens is 661 g/mol. The first-order chi connectivity index (χ1) is 27.0. The monoisotopic (exact) mass is 698 g/mol. The molecule has 0 N–H and O–H groups in total. The van der Waals surface area contributed by atoms with Gasteiger partial charge in [-0.2, -0.15) is 0 Å². The van der Waals surface area contributed by atoms with Crippen molar-refractivity contribution in [1.29, 1.82) is 0 Å². The molecule has 258 valence electrons. The lowest BCUT2D eigenvalue weighted by Gasteiger charge is -2.22. The van der Waals surface area contributed by atoms with Crippen molar-refractivity contribution in [1.82, 2.24) is 0 Å². The van der Waals surface area contributed by atoms with E-state index in [9.17, 15) is 0 Å². The van der Waals surface area contributed by atoms with E-state index < -0.39 is 0 Å². The number of hydrogen-bond donors (Lipinski definition) is 0. The summed E-state index contributed by atoms with van der Waals surface area (Å²) in [6.45, 7) is 4.71. The van der Waals surface area contributed by atoms with E-state index in [0.29, 0.717) is 0 Å². The Hall–Kier alpha value is -6.76. The van der Waals surface area contributed by atoms with Crippen LogP contribution >= 0.6 is 0 Å². The Kier molecular flexibility index (Phi) is 7.00. The van der Waals surface area contributed by atoms with E-state index in [1.807, 2.05) is 0 Å². The highest BCUT2D eigenvalue weighted by Gasteiger charge is 2.35. The van der Waals surface area contributed by atoms with Crippen LogP contribution in [0.4, 0.5) is 0 Å². The third-order valence-electron chi connectivity index (χ3n) is 12.3. The molecule has 11 rings (SSSR count). The van der Waals surface area contributed by atoms with Gasteiger partial charge in [-0.05, 0) is 128 Å². The van der Waals surface area contributed by atoms with Gasteiger partial charge in [0.15, 0.2) is 0 Å². The molecule has 55 heavy (non-hydrogen) atoms. The SMILES string of the molecule is CC1(C)c2ccccc2-c2ccc(-c3ccc(-c4c5ccccc5c(-c5cccc(-c6cc7ccccc7c7ccccc67)c5)c5ccccc45)cc3)cc21. The Morgan fingerprint density at radius 2 is 0.782 bits per heavy atom. The highest BCUT2D eigenvalue weighted by Crippen LogP contribution is 2.50. The van der Waals surface area contributed by atoms with Gasteiger partial charge in [0.05, 0.1) is 0 Å². The fraction of sp³-hybridized carbons (Fsp3) is 0.0545. The lowest BCUT2D eigenvalue weighted by atomic mass is 9.81. The standard InChI is InChI=1S/C55H38/c1-55(2)51-25-12-11-20-44(51)45-31-30-37(34-52(45)55)35-26-28-36(29-27-35)53-46-21-7-9-23-48(46)54(49-24-10-8-22-47(49)53)40-16-13-15-38(32-40)50-33-39-14-3-4-17-41(39)42-18-5-6-19-43(42)50/h3-34H,1-2H3. The Labute approximate surface area is 322 Å². The zero-order valence-corrected chi connectivity index (χ0v) is 31.0. The van der Waals surface area contributed by atoms with Crippen molar-refractivity contribution in [3.63, 3.8) is 0 Å². The molecule has 10 aromatic rings. The zero-order chi connectivity index (χ0) is 36.7. The van der Waals surface area contributed by atoms with Crippen LogP contribution in [0.15, 0.2) is 194 Å². The van der Waals surface area contributed by atoms with Crippen LogP contribution in [0, 0.1) is 0 Å². The van der Waals surface area contributed by atoms with Gasteiger partial charge in [0.25, 0.3) is 0 Å². The second-order valence-electron chi connectivity index (χ2n) is 15.6. The summed E-state index contributed by atoms with van der Waals surface area (Å²) in [6, 6.07) is 72.2. The average molecular weight is 699 g/mol. The van der Waals surface area contributed by atoms with Crippen LogP contribution in [0.1, 0.15) is 25.0 Å². The fourth-order valence-corrected chi connectivity index (χ4v) is 9.60. The van der Waals surface area contributed by atoms with Crippen LogP contribution in [-0.2, 0) is 5.41 Å². The first-order valence-corrected chi connectivity index (χ1v) is 19.3. The van der Waals surface area contributed by atoms with E-state index in [0.717, 1.165) is 0 Å². The molecule has 0 unspecified atom stereocenters. The fourth-order valence-electron chi connectivity index (χ4n) is 9.60. The summed E-state index contributed by atoms with van der Waals surface area (Å²) in [4.78, 5) is 0. The minimum atomic E-state index is -0.0236. The Morgan fingerprint density at radius 3 is 1.49 bits per heavy atom. The number of benzene rings is 10. The van der Waals surface area contributed by atoms with Crippen molar-refractivity contribution in [2.45, 2.75) is 19.3 Å². The van der Waals surface area contributed by atoms with Gasteiger partial charge in [0.2, 0.25) is 0 Å². The summed E-state index contributed by atoms with van der Waals surface area (Å²) in [5.74, 6) is 0. The molecule has 0 aromatic heterocycles. The molecule has 1 aliphatic rings. The van der Waals surface area contributed by atoms with Crippen molar-refractivity contribution in [2.24, 2.45) is 0 Å². The maximum atomic E-state index is 2.42. The van der Waals surface area contributed by atoms with Crippen molar-refractivity contribution >= 4 is 43.1 Å². The third-order valence-corrected chi connectivity index (χ3v) is 12.3. The van der Waals surface area contributed by atoms with Crippen molar-refractivity contribution in [2.75, 3.05) is 0 Å². The van der Waals surface area contributed by atoms with Crippen molar-refractivity contribution in [3.8, 4) is 55.6 Å². The molecule has 10 aromatic carbocycles. The lowest BCUT2D eigenvalue weighted by Crippen LogP contribution is -2.14. The Morgan fingerprint density at radius 1 is 0.273 bits per heavy atom. The predicted molar refractivity (Wildman–Crippen MR) is 236 cm³/mol. The molecule has 0 aliphatic heterocycles. The predicted octanol–water partition coefficient (Wildman–Crippen LogP) is 15.3. The van der Waals surface area contributed by atoms with Crippen LogP contribution in [-0.4, -0.2) is 0 Å². The summed E-state index contributed by atoms with van der Waals surface area (Å²) in [7, 11) is 0. The largest absolute Gasteiger partial charge is 0.0619 e. The van der Waals surface area contributed by atoms with E-state index in [2.05, 4.69) is 208 Å². The smallest absolute Gasteiger partial charge is 0.0159 e. The molecule has 0 atom stereocenters. The minimum Gasteiger partial charge on any atom is -0.0619 e. The quantitative estimate of drug-likeness (QED) is 0.127. The van der Waals surface area contributed by atoms with Crippen LogP contribution in [0.3, 0.4) is 0 Å². The van der Waals surface area contributed by atoms with E-state index in [4.69, 9.17) is 0 Å². The summed E-state index contributed by atoms with van der Waals surface area (Å²) in [6.07, 6.45) is 0. The second kappa shape index (κ2) is 12.1. The van der Waals surface area contributed by atoms with Gasteiger partial charge < -0.3 is 0 Å². The van der Waals surface area contributed by atoms with E-state index in [-0.39, 0.29) is 5.41 Å². The first kappa shape index (κ1) is 31.7. The van der Waals surface area contributed by atoms with Gasteiger partial charge in [0, 0.05) is 5.41 Å². The van der Waals surface area contributed by atoms with Crippen molar-refractivity contribution in [3.05, 3.63) is 205 Å². The zero-order valence-electron chi connectivity index (χ0n) is 31.0. The summed E-state index contributed by atoms with van der Waals surface area (Å²) in [5.41, 5.74) is 15.5. The van der Waals surface area contributed by atoms with E-state index in [1.54, 1.807) is 0 Å². The van der Waals surface area contributed by atoms with E-state index >= 15 is 0 Å². The van der Waals surface area contributed by atoms with Gasteiger partial charge in [-0.1, -0.05) is 190 Å². The average Bonchev–Trinajstić information content (AvgIpc) is 3.47. The maximum Gasteiger partial charge on any atom is 0.0159 e. The lowest BCUT2D eigenvalue weighted by molar-refractivity contribution is 0.660. The molecule has 0 radical (unpaired) electrons. The van der Waals surface area contributed by atoms with Gasteiger partial charge >= 0.3 is 0 Å². The topological polar surface area (TPSA) is 0 Å². The molecule has 0 heterocycles. The Balaban J connectivity index is 1.05. The molecule has 0 heteroatoms. The van der Waals surface area contributed by atoms with Crippen LogP contribution in [0.25, 0.3) is 98.7 Å². The van der Waals surface area contributed by atoms with Gasteiger partial charge in [-0.3, -0.25) is 0 Å². The number of fused-ring (bicyclic) bond motifs is 8. The van der Waals surface area contributed by atoms with Crippen LogP contribution in [0.5, 0.6) is 0 Å². The van der Waals surface area contributed by atoms with Crippen LogP contribution < -0.4 is 0 Å². The molecule has 0 bridgehead atoms. The van der Waals surface area contributed by atoms with Gasteiger partial charge in [-0.15, -0.1) is 0 Å². The first-order valence-electron chi connectivity index (χ1n) is 19.3. The minimum absolute atomic E-state index is 0.0236. The van der Waals surface area contributed by atoms with Crippen molar-refractivity contribution < 1.29 is 0 Å². The normalized spacial score (nSPS) is 13.1. The van der Waals surface area contributed by atoms with Gasteiger partial charge in [-0.25, -0.2) is 0 Å². The number of hydrogen-bond acceptors (Lipinski definition) is 0. The summed E-state index contributed by atoms with van der Waals surface area (Å²) in [5, 5.41) is 10.2. The molecule has 0 amide bonds. The Bertz CT molecular complexity index is 3100. The van der Waals surface area contributed by atoms with E-state index in [1.165, 1.54) is 110 Å².